The first-order chi connectivity index (χ1) is 19.7. The standard InChI is InChI=1S/C34H38O6/c35-21-32(38-23-28-15-7-2-8-16-28)34(40-25-30-19-11-4-12-20-30)33(39-24-29-17-9-3-10-18-29)31(36)26-37-22-27-13-5-1-6-14-27/h1-20,31-36H,21-26H2/t31-,32+,33-,34-/m0/s1. The zero-order valence-electron chi connectivity index (χ0n) is 22.6. The molecule has 0 saturated carbocycles. The Kier molecular flexibility index (Phi) is 12.3. The van der Waals surface area contributed by atoms with Crippen LogP contribution in [0.15, 0.2) is 121 Å². The van der Waals surface area contributed by atoms with Gasteiger partial charge in [0.1, 0.15) is 24.4 Å². The number of aliphatic hydroxyl groups excluding tert-OH is 2. The second kappa shape index (κ2) is 16.7. The molecule has 210 valence electrons. The predicted molar refractivity (Wildman–Crippen MR) is 154 cm³/mol. The van der Waals surface area contributed by atoms with Gasteiger partial charge in [0.05, 0.1) is 39.6 Å². The Morgan fingerprint density at radius 1 is 0.475 bits per heavy atom. The van der Waals surface area contributed by atoms with E-state index in [1.807, 2.05) is 121 Å². The van der Waals surface area contributed by atoms with E-state index in [-0.39, 0.29) is 33.0 Å². The Bertz CT molecular complexity index is 1190. The van der Waals surface area contributed by atoms with Crippen molar-refractivity contribution >= 4 is 0 Å². The molecule has 6 heteroatoms. The van der Waals surface area contributed by atoms with E-state index in [4.69, 9.17) is 18.9 Å². The maximum Gasteiger partial charge on any atom is 0.115 e. The SMILES string of the molecule is OC[C@@H](OCc1ccccc1)[C@H](OCc1ccccc1)[C@@H](OCc1ccccc1)[C@@H](O)COCc1ccccc1. The summed E-state index contributed by atoms with van der Waals surface area (Å²) in [7, 11) is 0. The molecule has 0 aliphatic carbocycles. The van der Waals surface area contributed by atoms with E-state index in [9.17, 15) is 10.2 Å². The summed E-state index contributed by atoms with van der Waals surface area (Å²) < 4.78 is 24.8. The van der Waals surface area contributed by atoms with Crippen LogP contribution in [-0.2, 0) is 45.4 Å². The normalized spacial score (nSPS) is 14.3. The van der Waals surface area contributed by atoms with Crippen molar-refractivity contribution in [2.75, 3.05) is 13.2 Å². The van der Waals surface area contributed by atoms with Crippen LogP contribution in [0.3, 0.4) is 0 Å². The molecule has 4 aromatic rings. The third-order valence-corrected chi connectivity index (χ3v) is 6.53. The second-order valence-electron chi connectivity index (χ2n) is 9.61. The van der Waals surface area contributed by atoms with Crippen LogP contribution in [0.5, 0.6) is 0 Å². The van der Waals surface area contributed by atoms with Gasteiger partial charge in [0.2, 0.25) is 0 Å². The Labute approximate surface area is 236 Å². The van der Waals surface area contributed by atoms with Crippen molar-refractivity contribution in [3.8, 4) is 0 Å². The summed E-state index contributed by atoms with van der Waals surface area (Å²) in [6.45, 7) is 0.865. The summed E-state index contributed by atoms with van der Waals surface area (Å²) >= 11 is 0. The molecule has 0 aliphatic heterocycles. The van der Waals surface area contributed by atoms with Crippen molar-refractivity contribution in [2.24, 2.45) is 0 Å². The molecule has 0 spiro atoms. The van der Waals surface area contributed by atoms with Crippen LogP contribution in [-0.4, -0.2) is 47.8 Å². The van der Waals surface area contributed by atoms with Crippen molar-refractivity contribution in [3.05, 3.63) is 144 Å². The fourth-order valence-electron chi connectivity index (χ4n) is 4.37. The highest BCUT2D eigenvalue weighted by Crippen LogP contribution is 2.21. The molecule has 0 unspecified atom stereocenters. The molecule has 0 bridgehead atoms. The maximum absolute atomic E-state index is 11.4. The topological polar surface area (TPSA) is 77.4 Å². The van der Waals surface area contributed by atoms with Crippen molar-refractivity contribution in [1.82, 2.24) is 0 Å². The largest absolute Gasteiger partial charge is 0.394 e. The van der Waals surface area contributed by atoms with Gasteiger partial charge in [-0.1, -0.05) is 121 Å². The highest BCUT2D eigenvalue weighted by molar-refractivity contribution is 5.16. The van der Waals surface area contributed by atoms with Gasteiger partial charge in [-0.25, -0.2) is 0 Å². The van der Waals surface area contributed by atoms with E-state index in [0.717, 1.165) is 22.3 Å². The molecule has 0 amide bonds. The van der Waals surface area contributed by atoms with Crippen molar-refractivity contribution in [1.29, 1.82) is 0 Å². The van der Waals surface area contributed by atoms with Gasteiger partial charge in [-0.05, 0) is 22.3 Å². The minimum atomic E-state index is -1.04. The number of ether oxygens (including phenoxy) is 4. The van der Waals surface area contributed by atoms with Gasteiger partial charge in [0, 0.05) is 0 Å². The van der Waals surface area contributed by atoms with Gasteiger partial charge < -0.3 is 29.2 Å². The predicted octanol–water partition coefficient (Wildman–Crippen LogP) is 5.31. The summed E-state index contributed by atoms with van der Waals surface area (Å²) in [6.07, 6.45) is -3.42. The fraction of sp³-hybridized carbons (Fsp3) is 0.294. The molecular weight excluding hydrogens is 504 g/mol. The number of hydrogen-bond acceptors (Lipinski definition) is 6. The molecule has 4 atom stereocenters. The van der Waals surface area contributed by atoms with Crippen LogP contribution in [0.1, 0.15) is 22.3 Å². The first kappa shape index (κ1) is 29.6. The summed E-state index contributed by atoms with van der Waals surface area (Å²) in [5.74, 6) is 0. The van der Waals surface area contributed by atoms with Gasteiger partial charge in [-0.3, -0.25) is 0 Å². The lowest BCUT2D eigenvalue weighted by Crippen LogP contribution is -2.51. The molecule has 6 nitrogen and oxygen atoms in total. The molecule has 0 aliphatic rings. The van der Waals surface area contributed by atoms with E-state index in [1.54, 1.807) is 0 Å². The van der Waals surface area contributed by atoms with E-state index >= 15 is 0 Å². The number of aliphatic hydroxyl groups is 2. The van der Waals surface area contributed by atoms with Gasteiger partial charge in [-0.15, -0.1) is 0 Å². The van der Waals surface area contributed by atoms with Crippen LogP contribution >= 0.6 is 0 Å². The molecule has 0 aromatic heterocycles. The lowest BCUT2D eigenvalue weighted by Gasteiger charge is -2.35. The van der Waals surface area contributed by atoms with Crippen LogP contribution in [0.2, 0.25) is 0 Å². The van der Waals surface area contributed by atoms with E-state index in [0.29, 0.717) is 6.61 Å². The number of rotatable bonds is 17. The molecule has 4 aromatic carbocycles. The molecule has 40 heavy (non-hydrogen) atoms. The van der Waals surface area contributed by atoms with Crippen LogP contribution in [0.25, 0.3) is 0 Å². The lowest BCUT2D eigenvalue weighted by atomic mass is 10.0. The molecule has 0 radical (unpaired) electrons. The fourth-order valence-corrected chi connectivity index (χ4v) is 4.37. The zero-order valence-corrected chi connectivity index (χ0v) is 22.6. The highest BCUT2D eigenvalue weighted by atomic mass is 16.6. The van der Waals surface area contributed by atoms with E-state index in [2.05, 4.69) is 0 Å². The van der Waals surface area contributed by atoms with E-state index in [1.165, 1.54) is 0 Å². The minimum Gasteiger partial charge on any atom is -0.394 e. The van der Waals surface area contributed by atoms with Crippen molar-refractivity contribution in [2.45, 2.75) is 50.8 Å². The highest BCUT2D eigenvalue weighted by Gasteiger charge is 2.37. The average Bonchev–Trinajstić information content (AvgIpc) is 3.01. The first-order valence-corrected chi connectivity index (χ1v) is 13.6. The van der Waals surface area contributed by atoms with E-state index < -0.39 is 24.4 Å². The van der Waals surface area contributed by atoms with Gasteiger partial charge in [0.25, 0.3) is 0 Å². The van der Waals surface area contributed by atoms with Crippen molar-refractivity contribution < 1.29 is 29.2 Å². The molecule has 0 fully saturated rings. The van der Waals surface area contributed by atoms with Gasteiger partial charge >= 0.3 is 0 Å². The average molecular weight is 543 g/mol. The summed E-state index contributed by atoms with van der Waals surface area (Å²) in [5, 5.41) is 21.8. The maximum atomic E-state index is 11.4. The van der Waals surface area contributed by atoms with Gasteiger partial charge in [0.15, 0.2) is 0 Å². The number of hydrogen-bond donors (Lipinski definition) is 2. The lowest BCUT2D eigenvalue weighted by molar-refractivity contribution is -0.193. The summed E-state index contributed by atoms with van der Waals surface area (Å²) in [6, 6.07) is 39.1. The third-order valence-electron chi connectivity index (χ3n) is 6.53. The Morgan fingerprint density at radius 3 is 1.27 bits per heavy atom. The summed E-state index contributed by atoms with van der Waals surface area (Å²) in [5.41, 5.74) is 3.89. The Hall–Kier alpha value is -3.36. The first-order valence-electron chi connectivity index (χ1n) is 13.6. The van der Waals surface area contributed by atoms with Gasteiger partial charge in [-0.2, -0.15) is 0 Å². The third kappa shape index (κ3) is 9.68. The van der Waals surface area contributed by atoms with Crippen LogP contribution < -0.4 is 0 Å². The molecule has 4 rings (SSSR count). The molecular formula is C34H38O6. The minimum absolute atomic E-state index is 0.0242. The zero-order chi connectivity index (χ0) is 27.8. The summed E-state index contributed by atoms with van der Waals surface area (Å²) in [4.78, 5) is 0. The molecule has 2 N–H and O–H groups in total. The number of benzene rings is 4. The second-order valence-corrected chi connectivity index (χ2v) is 9.61. The van der Waals surface area contributed by atoms with Crippen molar-refractivity contribution in [3.63, 3.8) is 0 Å². The smallest absolute Gasteiger partial charge is 0.115 e. The Morgan fingerprint density at radius 2 is 0.850 bits per heavy atom. The monoisotopic (exact) mass is 542 g/mol. The molecule has 0 heterocycles. The van der Waals surface area contributed by atoms with Crippen LogP contribution in [0, 0.1) is 0 Å². The molecule has 0 saturated heterocycles. The van der Waals surface area contributed by atoms with Crippen LogP contribution in [0.4, 0.5) is 0 Å². The Balaban J connectivity index is 1.53. The quantitative estimate of drug-likeness (QED) is 0.188.